The normalized spacial score (nSPS) is 26.0. The quantitative estimate of drug-likeness (QED) is 0.729. The van der Waals surface area contributed by atoms with Crippen LogP contribution in [-0.4, -0.2) is 47.9 Å². The maximum atomic E-state index is 12.8. The van der Waals surface area contributed by atoms with Gasteiger partial charge in [0.15, 0.2) is 6.29 Å². The van der Waals surface area contributed by atoms with Crippen molar-refractivity contribution in [2.24, 2.45) is 17.8 Å². The summed E-state index contributed by atoms with van der Waals surface area (Å²) in [6.45, 7) is 1.51. The fourth-order valence-electron chi connectivity index (χ4n) is 3.92. The molecule has 2 aliphatic rings. The van der Waals surface area contributed by atoms with E-state index in [1.807, 2.05) is 0 Å². The SMILES string of the molecule is O=Cc1ncccc1OCC1CCN(C(=O)C2CCC(C(F)(F)F)CC2)C1. The van der Waals surface area contributed by atoms with Crippen LogP contribution in [0.15, 0.2) is 18.3 Å². The van der Waals surface area contributed by atoms with E-state index >= 15 is 0 Å². The van der Waals surface area contributed by atoms with Gasteiger partial charge >= 0.3 is 6.18 Å². The standard InChI is InChI=1S/C19H23F3N2O3/c20-19(21,22)15-5-3-14(4-6-15)18(26)24-9-7-13(10-24)12-27-17-2-1-8-23-16(17)11-25/h1-2,8,11,13-15H,3-7,9-10,12H2. The summed E-state index contributed by atoms with van der Waals surface area (Å²) in [5.74, 6) is -1.05. The van der Waals surface area contributed by atoms with E-state index in [9.17, 15) is 22.8 Å². The number of aldehydes is 1. The molecule has 0 radical (unpaired) electrons. The van der Waals surface area contributed by atoms with Gasteiger partial charge in [0, 0.05) is 31.1 Å². The van der Waals surface area contributed by atoms with Crippen molar-refractivity contribution >= 4 is 12.2 Å². The predicted molar refractivity (Wildman–Crippen MR) is 91.3 cm³/mol. The van der Waals surface area contributed by atoms with Gasteiger partial charge in [-0.3, -0.25) is 9.59 Å². The molecule has 1 aromatic rings. The number of amides is 1. The summed E-state index contributed by atoms with van der Waals surface area (Å²) in [5.41, 5.74) is 0.241. The lowest BCUT2D eigenvalue weighted by Crippen LogP contribution is -2.38. The number of pyridine rings is 1. The summed E-state index contributed by atoms with van der Waals surface area (Å²) in [7, 11) is 0. The minimum absolute atomic E-state index is 0.0342. The second-order valence-electron chi connectivity index (χ2n) is 7.34. The lowest BCUT2D eigenvalue weighted by molar-refractivity contribution is -0.185. The number of rotatable bonds is 5. The molecule has 0 aromatic carbocycles. The minimum Gasteiger partial charge on any atom is -0.491 e. The van der Waals surface area contributed by atoms with Crippen molar-refractivity contribution < 1.29 is 27.5 Å². The van der Waals surface area contributed by atoms with Crippen LogP contribution in [0, 0.1) is 17.8 Å². The Balaban J connectivity index is 1.47. The molecule has 1 atom stereocenters. The molecule has 0 spiro atoms. The molecule has 3 rings (SSSR count). The van der Waals surface area contributed by atoms with Gasteiger partial charge in [-0.05, 0) is 44.2 Å². The van der Waals surface area contributed by atoms with Crippen LogP contribution in [0.5, 0.6) is 5.75 Å². The number of carbonyl (C=O) groups excluding carboxylic acids is 2. The molecule has 1 aliphatic carbocycles. The van der Waals surface area contributed by atoms with E-state index in [1.165, 1.54) is 6.20 Å². The summed E-state index contributed by atoms with van der Waals surface area (Å²) >= 11 is 0. The van der Waals surface area contributed by atoms with Gasteiger partial charge in [-0.2, -0.15) is 13.2 Å². The Hall–Kier alpha value is -2.12. The van der Waals surface area contributed by atoms with Gasteiger partial charge < -0.3 is 9.64 Å². The first-order chi connectivity index (χ1) is 12.9. The second-order valence-corrected chi connectivity index (χ2v) is 7.34. The van der Waals surface area contributed by atoms with Crippen LogP contribution in [0.2, 0.25) is 0 Å². The van der Waals surface area contributed by atoms with Crippen LogP contribution in [0.3, 0.4) is 0 Å². The number of hydrogen-bond acceptors (Lipinski definition) is 4. The molecule has 2 heterocycles. The fraction of sp³-hybridized carbons (Fsp3) is 0.632. The Kier molecular flexibility index (Phi) is 6.01. The number of alkyl halides is 3. The van der Waals surface area contributed by atoms with Crippen molar-refractivity contribution in [3.63, 3.8) is 0 Å². The van der Waals surface area contributed by atoms with Crippen LogP contribution in [0.4, 0.5) is 13.2 Å². The monoisotopic (exact) mass is 384 g/mol. The maximum Gasteiger partial charge on any atom is 0.391 e. The lowest BCUT2D eigenvalue weighted by Gasteiger charge is -2.31. The van der Waals surface area contributed by atoms with E-state index in [4.69, 9.17) is 4.74 Å². The van der Waals surface area contributed by atoms with Crippen LogP contribution in [0.25, 0.3) is 0 Å². The Morgan fingerprint density at radius 3 is 2.67 bits per heavy atom. The molecule has 1 amide bonds. The van der Waals surface area contributed by atoms with Gasteiger partial charge in [0.1, 0.15) is 11.4 Å². The fourth-order valence-corrected chi connectivity index (χ4v) is 3.92. The number of hydrogen-bond donors (Lipinski definition) is 0. The van der Waals surface area contributed by atoms with Crippen LogP contribution < -0.4 is 4.74 Å². The summed E-state index contributed by atoms with van der Waals surface area (Å²) < 4.78 is 44.0. The smallest absolute Gasteiger partial charge is 0.391 e. The molecule has 2 fully saturated rings. The van der Waals surface area contributed by atoms with Crippen molar-refractivity contribution in [3.8, 4) is 5.75 Å². The average molecular weight is 384 g/mol. The molecule has 8 heteroatoms. The topological polar surface area (TPSA) is 59.5 Å². The Morgan fingerprint density at radius 1 is 1.26 bits per heavy atom. The molecule has 1 saturated heterocycles. The van der Waals surface area contributed by atoms with Crippen molar-refractivity contribution in [1.82, 2.24) is 9.88 Å². The molecule has 148 valence electrons. The van der Waals surface area contributed by atoms with Gasteiger partial charge in [-0.25, -0.2) is 4.98 Å². The number of likely N-dealkylation sites (tertiary alicyclic amines) is 1. The highest BCUT2D eigenvalue weighted by Gasteiger charge is 2.43. The summed E-state index contributed by atoms with van der Waals surface area (Å²) in [6, 6.07) is 3.36. The van der Waals surface area contributed by atoms with Crippen molar-refractivity contribution in [1.29, 1.82) is 0 Å². The average Bonchev–Trinajstić information content (AvgIpc) is 3.14. The summed E-state index contributed by atoms with van der Waals surface area (Å²) in [5, 5.41) is 0. The molecule has 27 heavy (non-hydrogen) atoms. The molecule has 0 bridgehead atoms. The van der Waals surface area contributed by atoms with Crippen molar-refractivity contribution in [2.75, 3.05) is 19.7 Å². The first kappa shape index (κ1) is 19.6. The van der Waals surface area contributed by atoms with Crippen molar-refractivity contribution in [2.45, 2.75) is 38.3 Å². The maximum absolute atomic E-state index is 12.8. The highest BCUT2D eigenvalue weighted by atomic mass is 19.4. The predicted octanol–water partition coefficient (Wildman–Crippen LogP) is 3.49. The minimum atomic E-state index is -4.16. The molecule has 1 saturated carbocycles. The van der Waals surface area contributed by atoms with Crippen molar-refractivity contribution in [3.05, 3.63) is 24.0 Å². The third-order valence-corrected chi connectivity index (χ3v) is 5.52. The van der Waals surface area contributed by atoms with Crippen LogP contribution >= 0.6 is 0 Å². The highest BCUT2D eigenvalue weighted by Crippen LogP contribution is 2.40. The Bertz CT molecular complexity index is 672. The second kappa shape index (κ2) is 8.27. The largest absolute Gasteiger partial charge is 0.491 e. The zero-order valence-electron chi connectivity index (χ0n) is 15.0. The number of halogens is 3. The van der Waals surface area contributed by atoms with E-state index in [0.29, 0.717) is 44.6 Å². The van der Waals surface area contributed by atoms with E-state index in [0.717, 1.165) is 6.42 Å². The van der Waals surface area contributed by atoms with Gasteiger partial charge in [0.05, 0.1) is 12.5 Å². The number of aromatic nitrogens is 1. The van der Waals surface area contributed by atoms with Crippen LogP contribution in [0.1, 0.15) is 42.6 Å². The van der Waals surface area contributed by atoms with Crippen LogP contribution in [-0.2, 0) is 4.79 Å². The first-order valence-electron chi connectivity index (χ1n) is 9.27. The molecular weight excluding hydrogens is 361 g/mol. The van der Waals surface area contributed by atoms with Gasteiger partial charge in [-0.15, -0.1) is 0 Å². The molecular formula is C19H23F3N2O3. The third-order valence-electron chi connectivity index (χ3n) is 5.52. The Labute approximate surface area is 155 Å². The number of carbonyl (C=O) groups is 2. The summed E-state index contributed by atoms with van der Waals surface area (Å²) in [6.07, 6.45) is -0.544. The van der Waals surface area contributed by atoms with E-state index in [2.05, 4.69) is 4.98 Å². The van der Waals surface area contributed by atoms with Gasteiger partial charge in [-0.1, -0.05) is 0 Å². The van der Waals surface area contributed by atoms with Gasteiger partial charge in [0.2, 0.25) is 5.91 Å². The molecule has 1 aromatic heterocycles. The first-order valence-corrected chi connectivity index (χ1v) is 9.27. The molecule has 5 nitrogen and oxygen atoms in total. The van der Waals surface area contributed by atoms with E-state index in [-0.39, 0.29) is 36.3 Å². The third kappa shape index (κ3) is 4.78. The lowest BCUT2D eigenvalue weighted by atomic mass is 9.81. The number of ether oxygens (including phenoxy) is 1. The zero-order chi connectivity index (χ0) is 19.4. The summed E-state index contributed by atoms with van der Waals surface area (Å²) in [4.78, 5) is 29.3. The Morgan fingerprint density at radius 2 is 2.00 bits per heavy atom. The van der Waals surface area contributed by atoms with E-state index < -0.39 is 12.1 Å². The van der Waals surface area contributed by atoms with Gasteiger partial charge in [0.25, 0.3) is 0 Å². The van der Waals surface area contributed by atoms with E-state index in [1.54, 1.807) is 17.0 Å². The number of nitrogens with zero attached hydrogens (tertiary/aromatic N) is 2. The zero-order valence-corrected chi connectivity index (χ0v) is 15.0. The highest BCUT2D eigenvalue weighted by molar-refractivity contribution is 5.79. The molecule has 1 unspecified atom stereocenters. The molecule has 0 N–H and O–H groups in total. The molecule has 1 aliphatic heterocycles.